The summed E-state index contributed by atoms with van der Waals surface area (Å²) in [6.07, 6.45) is 0. The van der Waals surface area contributed by atoms with Crippen molar-refractivity contribution in [1.82, 2.24) is 0 Å². The van der Waals surface area contributed by atoms with E-state index in [4.69, 9.17) is 21.3 Å². The van der Waals surface area contributed by atoms with Crippen molar-refractivity contribution in [2.75, 3.05) is 25.2 Å². The van der Waals surface area contributed by atoms with Gasteiger partial charge in [-0.25, -0.2) is 0 Å². The highest BCUT2D eigenvalue weighted by atomic mass is 32.2. The Hall–Kier alpha value is -0.890. The topological polar surface area (TPSA) is 102 Å². The zero-order chi connectivity index (χ0) is 15.2. The van der Waals surface area contributed by atoms with Gasteiger partial charge in [-0.15, -0.1) is 0 Å². The first-order valence-electron chi connectivity index (χ1n) is 4.98. The Bertz CT molecular complexity index is 245. The van der Waals surface area contributed by atoms with E-state index < -0.39 is 11.5 Å². The lowest BCUT2D eigenvalue weighted by Crippen LogP contribution is -2.47. The van der Waals surface area contributed by atoms with E-state index in [1.165, 1.54) is 18.7 Å². The van der Waals surface area contributed by atoms with Crippen LogP contribution in [-0.4, -0.2) is 49.1 Å². The lowest BCUT2D eigenvalue weighted by Gasteiger charge is -2.17. The van der Waals surface area contributed by atoms with Gasteiger partial charge in [0.25, 0.3) is 1.45 Å². The Balaban J connectivity index is -0.000000114. The van der Waals surface area contributed by atoms with Crippen molar-refractivity contribution in [2.24, 2.45) is 16.5 Å². The summed E-state index contributed by atoms with van der Waals surface area (Å²) in [5.74, 6) is 0.665. The van der Waals surface area contributed by atoms with Crippen LogP contribution in [0.3, 0.4) is 0 Å². The largest absolute Gasteiger partial charge is 0.480 e. The zero-order valence-corrected chi connectivity index (χ0v) is 11.1. The number of halogens is 2. The van der Waals surface area contributed by atoms with Crippen molar-refractivity contribution in [3.05, 3.63) is 0 Å². The highest BCUT2D eigenvalue weighted by Crippen LogP contribution is 2.10. The predicted octanol–water partition coefficient (Wildman–Crippen LogP) is 1.52. The Labute approximate surface area is 115 Å². The number of carboxylic acids is 1. The number of aliphatic carboxylic acids is 1. The normalized spacial score (nSPS) is 13.4. The lowest BCUT2D eigenvalue weighted by molar-refractivity contribution is -0.141. The van der Waals surface area contributed by atoms with Crippen molar-refractivity contribution >= 4 is 23.6 Å². The molecule has 1 unspecified atom stereocenters. The average Bonchev–Trinajstić information content (AvgIpc) is 2.33. The number of carboxylic acid groups (broad SMARTS) is 1. The summed E-state index contributed by atoms with van der Waals surface area (Å²) in [6.45, 7) is 3.82. The summed E-state index contributed by atoms with van der Waals surface area (Å²) in [5, 5.41) is 8.70. The fraction of sp³-hybridized carbons (Fsp3) is 0.800. The Morgan fingerprint density at radius 1 is 1.67 bits per heavy atom. The molecule has 0 radical (unpaired) electrons. The van der Waals surface area contributed by atoms with Crippen LogP contribution in [0.1, 0.15) is 22.7 Å². The summed E-state index contributed by atoms with van der Waals surface area (Å²) in [6, 6.07) is 0. The Kier molecular flexibility index (Phi) is 17.6. The number of rotatable bonds is 6. The Morgan fingerprint density at radius 2 is 2.11 bits per heavy atom. The van der Waals surface area contributed by atoms with Crippen molar-refractivity contribution in [3.63, 3.8) is 0 Å². The number of nitrogens with two attached hydrogens (primary N) is 2. The minimum absolute atomic E-state index is 0. The van der Waals surface area contributed by atoms with Gasteiger partial charge in [-0.05, 0) is 13.8 Å². The second kappa shape index (κ2) is 14.2. The maximum absolute atomic E-state index is 10.6. The van der Waals surface area contributed by atoms with Crippen LogP contribution in [0.4, 0.5) is 9.11 Å². The van der Waals surface area contributed by atoms with Gasteiger partial charge in [0, 0.05) is 19.5 Å². The van der Waals surface area contributed by atoms with Crippen molar-refractivity contribution in [3.8, 4) is 0 Å². The Morgan fingerprint density at radius 3 is 2.44 bits per heavy atom. The molecule has 0 aromatic heterocycles. The van der Waals surface area contributed by atoms with Crippen molar-refractivity contribution in [2.45, 2.75) is 26.8 Å². The number of amidine groups is 1. The first-order chi connectivity index (χ1) is 8.36. The van der Waals surface area contributed by atoms with Crippen LogP contribution < -0.4 is 11.5 Å². The van der Waals surface area contributed by atoms with Crippen molar-refractivity contribution in [1.29, 1.82) is 1.45 Å². The molecular formula is C10H27F2N3O2S. The molecule has 5 N–H and O–H groups in total. The molecule has 0 spiro atoms. The van der Waals surface area contributed by atoms with E-state index in [1.807, 2.05) is 0 Å². The molecule has 0 heterocycles. The molecule has 0 bridgehead atoms. The summed E-state index contributed by atoms with van der Waals surface area (Å²) < 4.78 is 22.5. The van der Waals surface area contributed by atoms with Crippen LogP contribution >= 0.6 is 11.8 Å². The third-order valence-electron chi connectivity index (χ3n) is 1.49. The molecule has 0 rings (SSSR count). The molecule has 0 aromatic rings. The molecule has 114 valence electrons. The second-order valence-electron chi connectivity index (χ2n) is 3.30. The number of nitrogens with zero attached hydrogens (tertiary/aromatic N) is 1. The van der Waals surface area contributed by atoms with Gasteiger partial charge in [-0.3, -0.25) is 18.9 Å². The standard InChI is InChI=1S/C8H17N3O2S.CH3F.CH4.FH.H2/c1-6(9)11-3-4-14-5-8(2,10)7(12)13;1-2;;;/h3-5,10H2,1-2H3,(H2,9,11)(H,12,13);1H3;1H4;2*1H/i;;;;1+2/hT. The summed E-state index contributed by atoms with van der Waals surface area (Å²) in [4.78, 5) is 14.6. The minimum Gasteiger partial charge on any atom is -0.480 e. The van der Waals surface area contributed by atoms with Gasteiger partial charge in [0.2, 0.25) is 0 Å². The van der Waals surface area contributed by atoms with Gasteiger partial charge < -0.3 is 16.6 Å². The van der Waals surface area contributed by atoms with E-state index in [9.17, 15) is 9.18 Å². The van der Waals surface area contributed by atoms with Crippen LogP contribution in [0.25, 0.3) is 0 Å². The van der Waals surface area contributed by atoms with E-state index in [0.717, 1.165) is 5.75 Å². The molecule has 0 fully saturated rings. The summed E-state index contributed by atoms with van der Waals surface area (Å²) >= 11 is 1.46. The average molecular weight is 295 g/mol. The highest BCUT2D eigenvalue weighted by Gasteiger charge is 2.27. The van der Waals surface area contributed by atoms with Crippen LogP contribution in [-0.2, 0) is 4.79 Å². The summed E-state index contributed by atoms with van der Waals surface area (Å²) in [7, 11) is 0.500. The van der Waals surface area contributed by atoms with E-state index >= 15 is 0 Å². The maximum atomic E-state index is 10.6. The molecule has 18 heavy (non-hydrogen) atoms. The number of thioether (sulfide) groups is 1. The van der Waals surface area contributed by atoms with Gasteiger partial charge in [0.15, 0.2) is 0 Å². The van der Waals surface area contributed by atoms with Crippen LogP contribution in [0.5, 0.6) is 0 Å². The fourth-order valence-corrected chi connectivity index (χ4v) is 1.54. The van der Waals surface area contributed by atoms with E-state index in [2.05, 4.69) is 6.44 Å². The van der Waals surface area contributed by atoms with Gasteiger partial charge in [0.05, 0.1) is 13.0 Å². The third-order valence-corrected chi connectivity index (χ3v) is 2.76. The lowest BCUT2D eigenvalue weighted by atomic mass is 10.1. The minimum atomic E-state index is -1.16. The van der Waals surface area contributed by atoms with E-state index in [-0.39, 0.29) is 8.85 Å². The molecule has 0 aliphatic rings. The number of aliphatic imine (C=N–C) groups is 1. The third kappa shape index (κ3) is 15.1. The zero-order valence-electron chi connectivity index (χ0n) is 11.2. The molecule has 1 atom stereocenters. The maximum Gasteiger partial charge on any atom is 0.324 e. The van der Waals surface area contributed by atoms with E-state index in [0.29, 0.717) is 25.3 Å². The van der Waals surface area contributed by atoms with Gasteiger partial charge in [-0.2, -0.15) is 11.8 Å². The quantitative estimate of drug-likeness (QED) is 0.392. The SMILES string of the molecule is C.CC(N)=NCCSCC(C)(N)C(=O)O.CF.[3HH].[3H]F. The molecule has 0 amide bonds. The van der Waals surface area contributed by atoms with Crippen LogP contribution in [0.15, 0.2) is 4.99 Å². The summed E-state index contributed by atoms with van der Waals surface area (Å²) in [5.41, 5.74) is 9.69. The first kappa shape index (κ1) is 22.3. The molecule has 0 saturated heterocycles. The number of alkyl halides is 1. The van der Waals surface area contributed by atoms with Crippen LogP contribution in [0.2, 0.25) is 0 Å². The van der Waals surface area contributed by atoms with Crippen molar-refractivity contribution < 1.29 is 20.4 Å². The van der Waals surface area contributed by atoms with Gasteiger partial charge >= 0.3 is 5.97 Å². The number of carbonyl (C=O) groups is 1. The van der Waals surface area contributed by atoms with Crippen LogP contribution in [0, 0.1) is 0 Å². The molecule has 0 aliphatic heterocycles. The molecule has 0 saturated carbocycles. The molecular weight excluding hydrogens is 264 g/mol. The predicted molar refractivity (Wildman–Crippen MR) is 78.1 cm³/mol. The smallest absolute Gasteiger partial charge is 0.324 e. The number of hydrogen-bond donors (Lipinski definition) is 3. The monoisotopic (exact) mass is 295 g/mol. The molecule has 0 aliphatic carbocycles. The van der Waals surface area contributed by atoms with Gasteiger partial charge in [0.1, 0.15) is 5.54 Å². The van der Waals surface area contributed by atoms with Gasteiger partial charge in [-0.1, -0.05) is 7.43 Å². The second-order valence-corrected chi connectivity index (χ2v) is 4.40. The number of hydrogen-bond acceptors (Lipinski definition) is 4. The highest BCUT2D eigenvalue weighted by molar-refractivity contribution is 7.99. The fourth-order valence-electron chi connectivity index (χ4n) is 0.632. The van der Waals surface area contributed by atoms with E-state index in [1.54, 1.807) is 6.92 Å². The molecule has 5 nitrogen and oxygen atoms in total. The first-order valence-corrected chi connectivity index (χ1v) is 5.76. The molecule has 8 heteroatoms. The molecule has 0 aromatic carbocycles.